The highest BCUT2D eigenvalue weighted by Gasteiger charge is 2.29. The largest absolute Gasteiger partial charge is 0.441 e. The number of nitrogens with zero attached hydrogens (tertiary/aromatic N) is 3. The molecule has 1 aromatic carbocycles. The third kappa shape index (κ3) is 4.66. The summed E-state index contributed by atoms with van der Waals surface area (Å²) in [7, 11) is 0. The first kappa shape index (κ1) is 23.1. The summed E-state index contributed by atoms with van der Waals surface area (Å²) in [6, 6.07) is 9.23. The van der Waals surface area contributed by atoms with Crippen LogP contribution in [0.3, 0.4) is 0 Å². The van der Waals surface area contributed by atoms with Crippen LogP contribution in [0.1, 0.15) is 49.9 Å². The van der Waals surface area contributed by atoms with Gasteiger partial charge in [-0.15, -0.1) is 0 Å². The van der Waals surface area contributed by atoms with E-state index < -0.39 is 17.2 Å². The van der Waals surface area contributed by atoms with Gasteiger partial charge < -0.3 is 10.2 Å². The first-order valence-corrected chi connectivity index (χ1v) is 10.7. The summed E-state index contributed by atoms with van der Waals surface area (Å²) in [6.07, 6.45) is 1.55. The minimum atomic E-state index is -0.710. The van der Waals surface area contributed by atoms with E-state index in [1.807, 2.05) is 51.1 Å². The molecule has 0 bridgehead atoms. The van der Waals surface area contributed by atoms with Crippen molar-refractivity contribution in [3.63, 3.8) is 0 Å². The van der Waals surface area contributed by atoms with Crippen LogP contribution in [0.15, 0.2) is 44.3 Å². The van der Waals surface area contributed by atoms with Crippen molar-refractivity contribution < 1.29 is 9.21 Å². The second kappa shape index (κ2) is 9.67. The Morgan fingerprint density at radius 3 is 2.56 bits per heavy atom. The van der Waals surface area contributed by atoms with Gasteiger partial charge in [0.15, 0.2) is 11.4 Å². The number of carbonyl (C=O) groups is 1. The summed E-state index contributed by atoms with van der Waals surface area (Å²) in [5, 5.41) is 0. The summed E-state index contributed by atoms with van der Waals surface area (Å²) in [5.41, 5.74) is 5.73. The lowest BCUT2D eigenvalue weighted by Gasteiger charge is -2.25. The summed E-state index contributed by atoms with van der Waals surface area (Å²) >= 11 is 0. The number of carbonyl (C=O) groups excluding carboxylic acids is 1. The lowest BCUT2D eigenvalue weighted by molar-refractivity contribution is 0.0978. The molecule has 0 fully saturated rings. The topological polar surface area (TPSA) is 127 Å². The molecule has 1 amide bonds. The monoisotopic (exact) mass is 439 g/mol. The van der Waals surface area contributed by atoms with Crippen LogP contribution in [0, 0.1) is 12.8 Å². The highest BCUT2D eigenvalue weighted by Crippen LogP contribution is 2.25. The van der Waals surface area contributed by atoms with E-state index >= 15 is 0 Å². The molecule has 0 saturated carbocycles. The number of rotatable bonds is 8. The smallest absolute Gasteiger partial charge is 0.330 e. The molecule has 170 valence electrons. The number of unbranched alkanes of at least 4 members (excludes halogenated alkanes) is 1. The lowest BCUT2D eigenvalue weighted by atomic mass is 10.1. The summed E-state index contributed by atoms with van der Waals surface area (Å²) < 4.78 is 7.04. The number of hydrogen-bond acceptors (Lipinski definition) is 6. The Morgan fingerprint density at radius 2 is 1.94 bits per heavy atom. The summed E-state index contributed by atoms with van der Waals surface area (Å²) in [6.45, 7) is 8.03. The van der Waals surface area contributed by atoms with Crippen molar-refractivity contribution in [1.29, 1.82) is 0 Å². The van der Waals surface area contributed by atoms with Crippen LogP contribution in [-0.2, 0) is 6.54 Å². The molecule has 32 heavy (non-hydrogen) atoms. The number of amides is 1. The van der Waals surface area contributed by atoms with E-state index in [9.17, 15) is 14.4 Å². The van der Waals surface area contributed by atoms with Crippen molar-refractivity contribution >= 4 is 17.4 Å². The molecule has 0 atom stereocenters. The number of aromatic nitrogens is 3. The van der Waals surface area contributed by atoms with Gasteiger partial charge in [-0.2, -0.15) is 0 Å². The number of nitrogens with two attached hydrogens (primary N) is 1. The molecular weight excluding hydrogens is 410 g/mol. The number of anilines is 2. The van der Waals surface area contributed by atoms with Crippen LogP contribution < -0.4 is 21.9 Å². The number of nitrogens with one attached hydrogen (secondary N) is 1. The molecule has 3 rings (SSSR count). The average Bonchev–Trinajstić information content (AvgIpc) is 3.14. The van der Waals surface area contributed by atoms with Gasteiger partial charge >= 0.3 is 5.69 Å². The lowest BCUT2D eigenvalue weighted by Crippen LogP contribution is -2.43. The molecule has 3 N–H and O–H groups in total. The Morgan fingerprint density at radius 1 is 1.25 bits per heavy atom. The number of benzene rings is 1. The molecule has 0 unspecified atom stereocenters. The van der Waals surface area contributed by atoms with Crippen molar-refractivity contribution in [2.75, 3.05) is 17.2 Å². The molecule has 3 aromatic rings. The van der Waals surface area contributed by atoms with Gasteiger partial charge in [0, 0.05) is 18.7 Å². The minimum Gasteiger partial charge on any atom is -0.441 e. The van der Waals surface area contributed by atoms with Crippen molar-refractivity contribution in [2.45, 2.75) is 47.1 Å². The Kier molecular flexibility index (Phi) is 6.97. The number of H-pyrrole nitrogens is 1. The second-order valence-corrected chi connectivity index (χ2v) is 8.10. The van der Waals surface area contributed by atoms with E-state index in [0.717, 1.165) is 12.0 Å². The Hall–Kier alpha value is -3.62. The maximum atomic E-state index is 13.6. The third-order valence-electron chi connectivity index (χ3n) is 5.03. The Balaban J connectivity index is 2.11. The van der Waals surface area contributed by atoms with Gasteiger partial charge in [-0.3, -0.25) is 24.0 Å². The fraction of sp³-hybridized carbons (Fsp3) is 0.391. The zero-order valence-corrected chi connectivity index (χ0v) is 18.8. The van der Waals surface area contributed by atoms with Crippen LogP contribution >= 0.6 is 0 Å². The molecule has 9 nitrogen and oxygen atoms in total. The van der Waals surface area contributed by atoms with Crippen LogP contribution in [0.4, 0.5) is 11.5 Å². The second-order valence-electron chi connectivity index (χ2n) is 8.10. The van der Waals surface area contributed by atoms with Gasteiger partial charge in [-0.25, -0.2) is 9.78 Å². The Labute approximate surface area is 185 Å². The van der Waals surface area contributed by atoms with E-state index in [1.54, 1.807) is 6.92 Å². The molecule has 2 heterocycles. The summed E-state index contributed by atoms with van der Waals surface area (Å²) in [5.74, 6) is 0.114. The Bertz CT molecular complexity index is 1210. The SMILES string of the molecule is CCCCn1c(N)c(N(CC(C)C)C(=O)c2nc(-c3ccccc3)oc2C)c(=O)[nH]c1=O. The molecule has 0 radical (unpaired) electrons. The van der Waals surface area contributed by atoms with Gasteiger partial charge in [0.05, 0.1) is 0 Å². The maximum absolute atomic E-state index is 13.6. The first-order valence-electron chi connectivity index (χ1n) is 10.7. The number of nitrogen functional groups attached to an aromatic ring is 1. The highest BCUT2D eigenvalue weighted by molar-refractivity contribution is 6.06. The van der Waals surface area contributed by atoms with E-state index in [2.05, 4.69) is 9.97 Å². The van der Waals surface area contributed by atoms with E-state index in [4.69, 9.17) is 10.2 Å². The van der Waals surface area contributed by atoms with Crippen LogP contribution in [-0.4, -0.2) is 27.0 Å². The number of aryl methyl sites for hydroxylation is 1. The predicted octanol–water partition coefficient (Wildman–Crippen LogP) is 3.19. The minimum absolute atomic E-state index is 0.0228. The van der Waals surface area contributed by atoms with Gasteiger partial charge in [0.2, 0.25) is 5.89 Å². The van der Waals surface area contributed by atoms with E-state index in [1.165, 1.54) is 9.47 Å². The molecule has 9 heteroatoms. The molecule has 2 aromatic heterocycles. The van der Waals surface area contributed by atoms with Crippen molar-refractivity contribution in [2.24, 2.45) is 5.92 Å². The van der Waals surface area contributed by atoms with Crippen molar-refractivity contribution in [3.8, 4) is 11.5 Å². The van der Waals surface area contributed by atoms with E-state index in [0.29, 0.717) is 24.6 Å². The zero-order valence-electron chi connectivity index (χ0n) is 18.8. The molecular formula is C23H29N5O4. The normalized spacial score (nSPS) is 11.2. The van der Waals surface area contributed by atoms with Crippen LogP contribution in [0.5, 0.6) is 0 Å². The van der Waals surface area contributed by atoms with Gasteiger partial charge in [0.25, 0.3) is 11.5 Å². The fourth-order valence-electron chi connectivity index (χ4n) is 3.44. The average molecular weight is 440 g/mol. The summed E-state index contributed by atoms with van der Waals surface area (Å²) in [4.78, 5) is 46.6. The van der Waals surface area contributed by atoms with Gasteiger partial charge in [-0.1, -0.05) is 45.4 Å². The molecule has 0 aliphatic rings. The molecule has 0 saturated heterocycles. The predicted molar refractivity (Wildman–Crippen MR) is 124 cm³/mol. The van der Waals surface area contributed by atoms with E-state index in [-0.39, 0.29) is 29.7 Å². The standard InChI is InChI=1S/C23H29N5O4/c1-5-6-12-27-19(24)18(20(29)26-23(27)31)28(13-14(2)3)22(30)17-15(4)32-21(25-17)16-10-8-7-9-11-16/h7-11,14H,5-6,12-13,24H2,1-4H3,(H,26,29,31). The third-order valence-corrected chi connectivity index (χ3v) is 5.03. The number of hydrogen-bond donors (Lipinski definition) is 2. The quantitative estimate of drug-likeness (QED) is 0.555. The fourth-order valence-corrected chi connectivity index (χ4v) is 3.44. The maximum Gasteiger partial charge on any atom is 0.330 e. The molecule has 0 aliphatic carbocycles. The van der Waals surface area contributed by atoms with Crippen LogP contribution in [0.25, 0.3) is 11.5 Å². The van der Waals surface area contributed by atoms with Gasteiger partial charge in [0.1, 0.15) is 11.6 Å². The van der Waals surface area contributed by atoms with Gasteiger partial charge in [-0.05, 0) is 31.4 Å². The zero-order chi connectivity index (χ0) is 23.4. The molecule has 0 aliphatic heterocycles. The number of oxazole rings is 1. The number of aromatic amines is 1. The van der Waals surface area contributed by atoms with Crippen molar-refractivity contribution in [3.05, 3.63) is 62.6 Å². The van der Waals surface area contributed by atoms with Crippen LogP contribution in [0.2, 0.25) is 0 Å². The first-order chi connectivity index (χ1) is 15.2. The molecule has 0 spiro atoms. The van der Waals surface area contributed by atoms with Crippen molar-refractivity contribution in [1.82, 2.24) is 14.5 Å². The highest BCUT2D eigenvalue weighted by atomic mass is 16.4.